The molecule has 0 saturated carbocycles. The lowest BCUT2D eigenvalue weighted by molar-refractivity contribution is 0.0627. The summed E-state index contributed by atoms with van der Waals surface area (Å²) in [5.74, 6) is 0.644. The first kappa shape index (κ1) is 22.1. The minimum atomic E-state index is -0.493. The molecule has 0 aliphatic carbocycles. The molecule has 1 unspecified atom stereocenters. The lowest BCUT2D eigenvalue weighted by Crippen LogP contribution is -2.57. The highest BCUT2D eigenvalue weighted by Gasteiger charge is 2.44. The van der Waals surface area contributed by atoms with Crippen molar-refractivity contribution in [3.05, 3.63) is 80.8 Å². The number of thiophene rings is 1. The SMILES string of the molecule is CCOc1ccccc1CN1C(=O)c2sccc2N2C(SCc3c(F)cccc3Cl)=NNC12. The summed E-state index contributed by atoms with van der Waals surface area (Å²) in [6.45, 7) is 2.82. The van der Waals surface area contributed by atoms with E-state index in [1.54, 1.807) is 17.0 Å². The molecule has 2 aliphatic heterocycles. The van der Waals surface area contributed by atoms with Gasteiger partial charge in [0.1, 0.15) is 16.4 Å². The predicted octanol–water partition coefficient (Wildman–Crippen LogP) is 5.49. The summed E-state index contributed by atoms with van der Waals surface area (Å²) in [7, 11) is 0. The van der Waals surface area contributed by atoms with Crippen LogP contribution in [-0.2, 0) is 12.3 Å². The summed E-state index contributed by atoms with van der Waals surface area (Å²) < 4.78 is 20.0. The highest BCUT2D eigenvalue weighted by molar-refractivity contribution is 8.13. The zero-order chi connectivity index (χ0) is 22.9. The minimum Gasteiger partial charge on any atom is -0.494 e. The number of hydrogen-bond acceptors (Lipinski definition) is 7. The summed E-state index contributed by atoms with van der Waals surface area (Å²) in [6.07, 6.45) is -0.493. The van der Waals surface area contributed by atoms with E-state index in [9.17, 15) is 9.18 Å². The number of nitrogens with zero attached hydrogens (tertiary/aromatic N) is 3. The number of benzene rings is 2. The number of para-hydroxylation sites is 1. The molecular formula is C23H20ClFN4O2S2. The molecule has 170 valence electrons. The van der Waals surface area contributed by atoms with Gasteiger partial charge in [0.15, 0.2) is 5.17 Å². The zero-order valence-electron chi connectivity index (χ0n) is 17.6. The van der Waals surface area contributed by atoms with Crippen LogP contribution >= 0.6 is 34.7 Å². The van der Waals surface area contributed by atoms with Crippen LogP contribution < -0.4 is 15.1 Å². The van der Waals surface area contributed by atoms with E-state index < -0.39 is 6.29 Å². The lowest BCUT2D eigenvalue weighted by Gasteiger charge is -2.39. The Morgan fingerprint density at radius 2 is 2.09 bits per heavy atom. The minimum absolute atomic E-state index is 0.0707. The van der Waals surface area contributed by atoms with Gasteiger partial charge in [0.2, 0.25) is 6.29 Å². The Kier molecular flexibility index (Phi) is 6.18. The van der Waals surface area contributed by atoms with Crippen LogP contribution in [0.1, 0.15) is 27.7 Å². The summed E-state index contributed by atoms with van der Waals surface area (Å²) in [6, 6.07) is 14.3. The molecular weight excluding hydrogens is 483 g/mol. The van der Waals surface area contributed by atoms with Gasteiger partial charge in [0.05, 0.1) is 18.8 Å². The molecule has 5 rings (SSSR count). The van der Waals surface area contributed by atoms with Crippen LogP contribution in [-0.4, -0.2) is 28.9 Å². The lowest BCUT2D eigenvalue weighted by atomic mass is 10.1. The number of amides is 1. The van der Waals surface area contributed by atoms with Crippen molar-refractivity contribution < 1.29 is 13.9 Å². The average Bonchev–Trinajstić information content (AvgIpc) is 3.45. The molecule has 1 amide bonds. The van der Waals surface area contributed by atoms with Crippen LogP contribution in [0.4, 0.5) is 10.1 Å². The van der Waals surface area contributed by atoms with Crippen molar-refractivity contribution in [3.8, 4) is 5.75 Å². The molecule has 3 aromatic rings. The van der Waals surface area contributed by atoms with Gasteiger partial charge in [-0.15, -0.1) is 11.3 Å². The third-order valence-corrected chi connectivity index (χ3v) is 7.63. The van der Waals surface area contributed by atoms with E-state index in [-0.39, 0.29) is 11.7 Å². The number of rotatable bonds is 6. The maximum absolute atomic E-state index is 14.3. The molecule has 1 N–H and O–H groups in total. The summed E-state index contributed by atoms with van der Waals surface area (Å²) in [5, 5.41) is 7.41. The Labute approximate surface area is 204 Å². The summed E-state index contributed by atoms with van der Waals surface area (Å²) >= 11 is 8.97. The monoisotopic (exact) mass is 502 g/mol. The number of hydrogen-bond donors (Lipinski definition) is 1. The second-order valence-electron chi connectivity index (χ2n) is 7.36. The van der Waals surface area contributed by atoms with Crippen LogP contribution in [0, 0.1) is 5.82 Å². The first-order valence-electron chi connectivity index (χ1n) is 10.4. The molecule has 0 bridgehead atoms. The molecule has 0 spiro atoms. The Morgan fingerprint density at radius 3 is 2.91 bits per heavy atom. The molecule has 0 fully saturated rings. The third-order valence-electron chi connectivity index (χ3n) is 5.40. The van der Waals surface area contributed by atoms with Crippen molar-refractivity contribution in [1.29, 1.82) is 0 Å². The van der Waals surface area contributed by atoms with Crippen LogP contribution in [0.15, 0.2) is 59.0 Å². The fourth-order valence-corrected chi connectivity index (χ4v) is 6.02. The number of nitrogens with one attached hydrogen (secondary N) is 1. The molecule has 10 heteroatoms. The fourth-order valence-electron chi connectivity index (χ4n) is 3.85. The fraction of sp³-hybridized carbons (Fsp3) is 0.217. The molecule has 3 heterocycles. The van der Waals surface area contributed by atoms with E-state index in [1.807, 2.05) is 47.5 Å². The van der Waals surface area contributed by atoms with E-state index >= 15 is 0 Å². The molecule has 6 nitrogen and oxygen atoms in total. The number of fused-ring (bicyclic) bond motifs is 3. The third kappa shape index (κ3) is 4.05. The first-order valence-corrected chi connectivity index (χ1v) is 12.6. The van der Waals surface area contributed by atoms with Crippen molar-refractivity contribution in [2.45, 2.75) is 25.5 Å². The number of halogens is 2. The van der Waals surface area contributed by atoms with Gasteiger partial charge in [0, 0.05) is 21.9 Å². The molecule has 2 aliphatic rings. The normalized spacial score (nSPS) is 16.9. The number of anilines is 1. The maximum atomic E-state index is 14.3. The maximum Gasteiger partial charge on any atom is 0.269 e. The van der Waals surface area contributed by atoms with Crippen LogP contribution in [0.2, 0.25) is 5.02 Å². The number of thioether (sulfide) groups is 1. The molecule has 0 radical (unpaired) electrons. The van der Waals surface area contributed by atoms with Gasteiger partial charge in [-0.1, -0.05) is 47.6 Å². The van der Waals surface area contributed by atoms with Gasteiger partial charge in [-0.25, -0.2) is 4.39 Å². The molecule has 1 aromatic heterocycles. The van der Waals surface area contributed by atoms with E-state index in [4.69, 9.17) is 16.3 Å². The van der Waals surface area contributed by atoms with E-state index in [0.29, 0.717) is 39.5 Å². The van der Waals surface area contributed by atoms with Crippen molar-refractivity contribution in [3.63, 3.8) is 0 Å². The predicted molar refractivity (Wildman–Crippen MR) is 131 cm³/mol. The molecule has 0 saturated heterocycles. The highest BCUT2D eigenvalue weighted by atomic mass is 35.5. The van der Waals surface area contributed by atoms with E-state index in [0.717, 1.165) is 17.0 Å². The standard InChI is InChI=1S/C23H20ClFN4O2S2/c1-2-31-19-9-4-3-6-14(19)12-28-21(30)20-18(10-11-32-20)29-22(28)26-27-23(29)33-13-15-16(24)7-5-8-17(15)25/h3-11,22,26H,2,12-13H2,1H3. The summed E-state index contributed by atoms with van der Waals surface area (Å²) in [4.78, 5) is 17.7. The van der Waals surface area contributed by atoms with Crippen molar-refractivity contribution >= 4 is 51.5 Å². The zero-order valence-corrected chi connectivity index (χ0v) is 20.0. The smallest absolute Gasteiger partial charge is 0.269 e. The van der Waals surface area contributed by atoms with Crippen molar-refractivity contribution in [2.75, 3.05) is 11.5 Å². The van der Waals surface area contributed by atoms with Gasteiger partial charge in [-0.05, 0) is 36.6 Å². The number of hydrazone groups is 1. The van der Waals surface area contributed by atoms with Gasteiger partial charge < -0.3 is 4.74 Å². The topological polar surface area (TPSA) is 57.2 Å². The highest BCUT2D eigenvalue weighted by Crippen LogP contribution is 2.40. The van der Waals surface area contributed by atoms with Gasteiger partial charge in [0.25, 0.3) is 5.91 Å². The molecule has 33 heavy (non-hydrogen) atoms. The number of amidine groups is 1. The van der Waals surface area contributed by atoms with Crippen LogP contribution in [0.5, 0.6) is 5.75 Å². The second-order valence-corrected chi connectivity index (χ2v) is 9.63. The van der Waals surface area contributed by atoms with E-state index in [1.165, 1.54) is 29.2 Å². The van der Waals surface area contributed by atoms with Gasteiger partial charge in [-0.2, -0.15) is 5.10 Å². The Bertz CT molecular complexity index is 1210. The van der Waals surface area contributed by atoms with Gasteiger partial charge >= 0.3 is 0 Å². The van der Waals surface area contributed by atoms with Crippen LogP contribution in [0.25, 0.3) is 0 Å². The second kappa shape index (κ2) is 9.24. The molecule has 2 aromatic carbocycles. The van der Waals surface area contributed by atoms with Gasteiger partial charge in [-0.3, -0.25) is 20.0 Å². The Balaban J connectivity index is 1.43. The Morgan fingerprint density at radius 1 is 1.24 bits per heavy atom. The summed E-state index contributed by atoms with van der Waals surface area (Å²) in [5.41, 5.74) is 5.22. The Hall–Kier alpha value is -2.75. The first-order chi connectivity index (χ1) is 16.1. The number of carbonyl (C=O) groups is 1. The van der Waals surface area contributed by atoms with Crippen molar-refractivity contribution in [1.82, 2.24) is 10.3 Å². The van der Waals surface area contributed by atoms with E-state index in [2.05, 4.69) is 10.5 Å². The van der Waals surface area contributed by atoms with Crippen LogP contribution in [0.3, 0.4) is 0 Å². The quantitative estimate of drug-likeness (QED) is 0.483. The molecule has 1 atom stereocenters. The largest absolute Gasteiger partial charge is 0.494 e. The van der Waals surface area contributed by atoms with Crippen molar-refractivity contribution in [2.24, 2.45) is 5.10 Å². The number of carbonyl (C=O) groups excluding carboxylic acids is 1. The number of ether oxygens (including phenoxy) is 1. The average molecular weight is 503 g/mol.